The Kier molecular flexibility index (Phi) is 5.46. The van der Waals surface area contributed by atoms with E-state index in [4.69, 9.17) is 11.6 Å². The molecule has 1 aliphatic rings. The molecule has 1 fully saturated rings. The third-order valence-electron chi connectivity index (χ3n) is 5.25. The highest BCUT2D eigenvalue weighted by Gasteiger charge is 2.23. The maximum Gasteiger partial charge on any atom is 0.292 e. The lowest BCUT2D eigenvalue weighted by molar-refractivity contribution is -0.914. The molecule has 0 spiro atoms. The highest BCUT2D eigenvalue weighted by atomic mass is 35.5. The molecule has 28 heavy (non-hydrogen) atoms. The lowest BCUT2D eigenvalue weighted by Crippen LogP contribution is -3.13. The second-order valence-electron chi connectivity index (χ2n) is 7.30. The number of quaternary nitrogens is 1. The molecular formula is C22H24ClN4O+. The number of aryl methyl sites for hydroxylation is 1. The van der Waals surface area contributed by atoms with Crippen molar-refractivity contribution in [2.24, 2.45) is 0 Å². The van der Waals surface area contributed by atoms with E-state index in [1.165, 1.54) is 15.8 Å². The molecule has 5 nitrogen and oxygen atoms in total. The minimum atomic E-state index is -0.278. The van der Waals surface area contributed by atoms with Gasteiger partial charge in [-0.3, -0.25) is 4.79 Å². The van der Waals surface area contributed by atoms with Crippen LogP contribution in [0.5, 0.6) is 0 Å². The SMILES string of the molecule is Cc1cccc(C[NH+]2CCN(c3cnn(-c4ccccc4)c(=O)c3Cl)CC2)c1. The van der Waals surface area contributed by atoms with Gasteiger partial charge < -0.3 is 9.80 Å². The van der Waals surface area contributed by atoms with E-state index in [1.54, 1.807) is 11.1 Å². The summed E-state index contributed by atoms with van der Waals surface area (Å²) >= 11 is 6.44. The molecule has 2 aromatic carbocycles. The second kappa shape index (κ2) is 8.17. The molecule has 0 aliphatic carbocycles. The Hall–Kier alpha value is -2.63. The fourth-order valence-corrected chi connectivity index (χ4v) is 4.00. The molecule has 1 aromatic heterocycles. The molecule has 0 atom stereocenters. The van der Waals surface area contributed by atoms with Gasteiger partial charge >= 0.3 is 0 Å². The van der Waals surface area contributed by atoms with Gasteiger partial charge in [0.15, 0.2) is 0 Å². The summed E-state index contributed by atoms with van der Waals surface area (Å²) in [4.78, 5) is 16.4. The number of benzene rings is 2. The molecule has 1 N–H and O–H groups in total. The number of aromatic nitrogens is 2. The van der Waals surface area contributed by atoms with E-state index in [1.807, 2.05) is 30.3 Å². The first-order chi connectivity index (χ1) is 13.6. The molecule has 2 heterocycles. The second-order valence-corrected chi connectivity index (χ2v) is 7.68. The first-order valence-corrected chi connectivity index (χ1v) is 9.97. The molecule has 1 aliphatic heterocycles. The van der Waals surface area contributed by atoms with Gasteiger partial charge in [0.25, 0.3) is 5.56 Å². The van der Waals surface area contributed by atoms with Crippen molar-refractivity contribution >= 4 is 17.3 Å². The summed E-state index contributed by atoms with van der Waals surface area (Å²) in [5, 5.41) is 4.59. The zero-order valence-electron chi connectivity index (χ0n) is 15.9. The number of para-hydroxylation sites is 1. The normalized spacial score (nSPS) is 15.0. The molecule has 0 amide bonds. The molecule has 0 unspecified atom stereocenters. The van der Waals surface area contributed by atoms with Gasteiger partial charge in [-0.15, -0.1) is 0 Å². The van der Waals surface area contributed by atoms with Gasteiger partial charge in [0.2, 0.25) is 0 Å². The van der Waals surface area contributed by atoms with E-state index in [2.05, 4.69) is 41.2 Å². The summed E-state index contributed by atoms with van der Waals surface area (Å²) in [6.45, 7) is 6.88. The van der Waals surface area contributed by atoms with E-state index in [9.17, 15) is 4.79 Å². The van der Waals surface area contributed by atoms with Crippen LogP contribution in [0.25, 0.3) is 5.69 Å². The van der Waals surface area contributed by atoms with Gasteiger partial charge in [0.05, 0.1) is 43.8 Å². The minimum absolute atomic E-state index is 0.237. The Bertz CT molecular complexity index is 1010. The predicted octanol–water partition coefficient (Wildman–Crippen LogP) is 2.10. The molecule has 0 radical (unpaired) electrons. The summed E-state index contributed by atoms with van der Waals surface area (Å²) < 4.78 is 1.35. The van der Waals surface area contributed by atoms with Gasteiger partial charge in [0.1, 0.15) is 11.6 Å². The number of nitrogens with one attached hydrogen (secondary N) is 1. The summed E-state index contributed by atoms with van der Waals surface area (Å²) in [6, 6.07) is 18.0. The standard InChI is InChI=1S/C22H23ClN4O/c1-17-6-5-7-18(14-17)16-25-10-12-26(13-11-25)20-15-24-27(22(28)21(20)23)19-8-3-2-4-9-19/h2-9,14-15H,10-13,16H2,1H3/p+1. The van der Waals surface area contributed by atoms with Crippen LogP contribution in [0, 0.1) is 6.92 Å². The van der Waals surface area contributed by atoms with Crippen molar-refractivity contribution in [1.29, 1.82) is 0 Å². The maximum absolute atomic E-state index is 12.7. The largest absolute Gasteiger partial charge is 0.358 e. The minimum Gasteiger partial charge on any atom is -0.358 e. The van der Waals surface area contributed by atoms with Crippen LogP contribution in [-0.4, -0.2) is 36.0 Å². The van der Waals surface area contributed by atoms with Crippen LogP contribution in [0.2, 0.25) is 5.02 Å². The Morgan fingerprint density at radius 2 is 1.82 bits per heavy atom. The Morgan fingerprint density at radius 1 is 1.07 bits per heavy atom. The van der Waals surface area contributed by atoms with Gasteiger partial charge in [-0.1, -0.05) is 59.6 Å². The zero-order valence-corrected chi connectivity index (χ0v) is 16.7. The van der Waals surface area contributed by atoms with Crippen LogP contribution in [0.3, 0.4) is 0 Å². The molecule has 0 saturated carbocycles. The summed E-state index contributed by atoms with van der Waals surface area (Å²) in [5.41, 5.74) is 3.84. The number of nitrogens with zero attached hydrogens (tertiary/aromatic N) is 3. The van der Waals surface area contributed by atoms with Crippen molar-refractivity contribution in [3.05, 3.63) is 87.3 Å². The number of piperazine rings is 1. The van der Waals surface area contributed by atoms with Crippen molar-refractivity contribution < 1.29 is 4.90 Å². The van der Waals surface area contributed by atoms with Crippen molar-refractivity contribution in [3.63, 3.8) is 0 Å². The van der Waals surface area contributed by atoms with Crippen molar-refractivity contribution in [3.8, 4) is 5.69 Å². The highest BCUT2D eigenvalue weighted by molar-refractivity contribution is 6.33. The van der Waals surface area contributed by atoms with Crippen molar-refractivity contribution in [2.45, 2.75) is 13.5 Å². The topological polar surface area (TPSA) is 42.6 Å². The number of anilines is 1. The molecule has 0 bridgehead atoms. The third kappa shape index (κ3) is 3.96. The summed E-state index contributed by atoms with van der Waals surface area (Å²) in [6.07, 6.45) is 1.71. The molecule has 144 valence electrons. The quantitative estimate of drug-likeness (QED) is 0.735. The number of rotatable bonds is 4. The van der Waals surface area contributed by atoms with E-state index in [0.717, 1.165) is 38.4 Å². The highest BCUT2D eigenvalue weighted by Crippen LogP contribution is 2.21. The first kappa shape index (κ1) is 18.7. The Labute approximate surface area is 169 Å². The molecular weight excluding hydrogens is 372 g/mol. The van der Waals surface area contributed by atoms with E-state index < -0.39 is 0 Å². The van der Waals surface area contributed by atoms with Gasteiger partial charge in [0, 0.05) is 5.56 Å². The fourth-order valence-electron chi connectivity index (χ4n) is 3.75. The Balaban J connectivity index is 1.46. The van der Waals surface area contributed by atoms with Crippen LogP contribution in [0.1, 0.15) is 11.1 Å². The average Bonchev–Trinajstić information content (AvgIpc) is 2.71. The molecule has 4 rings (SSSR count). The van der Waals surface area contributed by atoms with Crippen LogP contribution in [0.4, 0.5) is 5.69 Å². The summed E-state index contributed by atoms with van der Waals surface area (Å²) in [5.74, 6) is 0. The van der Waals surface area contributed by atoms with Crippen molar-refractivity contribution in [2.75, 3.05) is 31.1 Å². The fraction of sp³-hybridized carbons (Fsp3) is 0.273. The number of hydrogen-bond donors (Lipinski definition) is 1. The summed E-state index contributed by atoms with van der Waals surface area (Å²) in [7, 11) is 0. The zero-order chi connectivity index (χ0) is 19.5. The van der Waals surface area contributed by atoms with Gasteiger partial charge in [-0.2, -0.15) is 9.78 Å². The van der Waals surface area contributed by atoms with Gasteiger partial charge in [-0.25, -0.2) is 0 Å². The van der Waals surface area contributed by atoms with Crippen molar-refractivity contribution in [1.82, 2.24) is 9.78 Å². The average molecular weight is 396 g/mol. The predicted molar refractivity (Wildman–Crippen MR) is 113 cm³/mol. The first-order valence-electron chi connectivity index (χ1n) is 9.59. The third-order valence-corrected chi connectivity index (χ3v) is 5.60. The van der Waals surface area contributed by atoms with Gasteiger partial charge in [-0.05, 0) is 19.1 Å². The molecule has 3 aromatic rings. The lowest BCUT2D eigenvalue weighted by Gasteiger charge is -2.33. The van der Waals surface area contributed by atoms with Crippen LogP contribution in [0.15, 0.2) is 65.6 Å². The Morgan fingerprint density at radius 3 is 2.54 bits per heavy atom. The smallest absolute Gasteiger partial charge is 0.292 e. The number of hydrogen-bond acceptors (Lipinski definition) is 3. The number of halogens is 1. The monoisotopic (exact) mass is 395 g/mol. The molecule has 1 saturated heterocycles. The van der Waals surface area contributed by atoms with E-state index in [-0.39, 0.29) is 10.6 Å². The lowest BCUT2D eigenvalue weighted by atomic mass is 10.1. The van der Waals surface area contributed by atoms with E-state index in [0.29, 0.717) is 5.69 Å². The molecule has 6 heteroatoms. The van der Waals surface area contributed by atoms with E-state index >= 15 is 0 Å². The van der Waals surface area contributed by atoms with Crippen LogP contribution in [-0.2, 0) is 6.54 Å². The maximum atomic E-state index is 12.7. The van der Waals surface area contributed by atoms with Crippen LogP contribution < -0.4 is 15.4 Å². The van der Waals surface area contributed by atoms with Crippen LogP contribution >= 0.6 is 11.6 Å².